The summed E-state index contributed by atoms with van der Waals surface area (Å²) >= 11 is 0.182. The Morgan fingerprint density at radius 3 is 2.79 bits per heavy atom. The third-order valence-corrected chi connectivity index (χ3v) is 5.47. The Hall–Kier alpha value is -2.17. The van der Waals surface area contributed by atoms with Crippen molar-refractivity contribution < 1.29 is 9.13 Å². The van der Waals surface area contributed by atoms with E-state index in [2.05, 4.69) is 9.97 Å². The molecule has 0 spiro atoms. The van der Waals surface area contributed by atoms with Crippen molar-refractivity contribution >= 4 is 42.3 Å². The first kappa shape index (κ1) is 16.7. The number of aromatic nitrogens is 2. The number of hydrogen-bond acceptors (Lipinski definition) is 4. The summed E-state index contributed by atoms with van der Waals surface area (Å²) in [4.78, 5) is 11.0. The summed E-state index contributed by atoms with van der Waals surface area (Å²) in [7, 11) is 3.94. The number of pyridine rings is 1. The van der Waals surface area contributed by atoms with E-state index in [9.17, 15) is 4.39 Å². The molecule has 24 heavy (non-hydrogen) atoms. The molecule has 3 rings (SSSR count). The molecule has 0 radical (unpaired) electrons. The van der Waals surface area contributed by atoms with E-state index in [0.29, 0.717) is 5.75 Å². The number of alkyl halides is 1. The summed E-state index contributed by atoms with van der Waals surface area (Å²) in [6.45, 7) is -0.407. The second-order valence-corrected chi connectivity index (χ2v) is 7.63. The van der Waals surface area contributed by atoms with Gasteiger partial charge in [-0.25, -0.2) is 0 Å². The number of halogens is 1. The molecule has 2 aromatic heterocycles. The molecule has 0 aliphatic carbocycles. The van der Waals surface area contributed by atoms with Crippen molar-refractivity contribution in [1.82, 2.24) is 9.97 Å². The van der Waals surface area contributed by atoms with E-state index in [1.54, 1.807) is 0 Å². The van der Waals surface area contributed by atoms with Gasteiger partial charge in [0.2, 0.25) is 0 Å². The zero-order chi connectivity index (χ0) is 16.9. The molecule has 0 amide bonds. The summed E-state index contributed by atoms with van der Waals surface area (Å²) in [5.41, 5.74) is 1.97. The molecular formula is C18H18FN3OSe. The van der Waals surface area contributed by atoms with Crippen LogP contribution in [0.25, 0.3) is 21.9 Å². The van der Waals surface area contributed by atoms with Crippen LogP contribution in [0, 0.1) is 0 Å². The van der Waals surface area contributed by atoms with Gasteiger partial charge in [-0.05, 0) is 0 Å². The minimum absolute atomic E-state index is 0.0797. The van der Waals surface area contributed by atoms with E-state index in [-0.39, 0.29) is 21.1 Å². The molecule has 0 aliphatic heterocycles. The van der Waals surface area contributed by atoms with Gasteiger partial charge in [-0.15, -0.1) is 0 Å². The Morgan fingerprint density at radius 2 is 2.08 bits per heavy atom. The fourth-order valence-electron chi connectivity index (χ4n) is 2.17. The van der Waals surface area contributed by atoms with Gasteiger partial charge in [-0.1, -0.05) is 0 Å². The van der Waals surface area contributed by atoms with Gasteiger partial charge in [-0.2, -0.15) is 0 Å². The summed E-state index contributed by atoms with van der Waals surface area (Å²) in [5.74, 6) is 1.60. The van der Waals surface area contributed by atoms with E-state index < -0.39 is 6.67 Å². The number of benzene rings is 1. The third kappa shape index (κ3) is 4.02. The second-order valence-electron chi connectivity index (χ2n) is 5.40. The molecule has 124 valence electrons. The van der Waals surface area contributed by atoms with Crippen LogP contribution in [0.5, 0.6) is 5.75 Å². The van der Waals surface area contributed by atoms with Gasteiger partial charge in [0.1, 0.15) is 0 Å². The number of fused-ring (bicyclic) bond motifs is 1. The maximum atomic E-state index is 12.2. The summed E-state index contributed by atoms with van der Waals surface area (Å²) in [6.07, 6.45) is 5.91. The van der Waals surface area contributed by atoms with E-state index >= 15 is 0 Å². The quantitative estimate of drug-likeness (QED) is 0.606. The van der Waals surface area contributed by atoms with Crippen LogP contribution in [-0.4, -0.2) is 51.8 Å². The average Bonchev–Trinajstić information content (AvgIpc) is 3.00. The van der Waals surface area contributed by atoms with Gasteiger partial charge in [0, 0.05) is 0 Å². The zero-order valence-electron chi connectivity index (χ0n) is 13.6. The van der Waals surface area contributed by atoms with Crippen molar-refractivity contribution in [1.29, 1.82) is 0 Å². The van der Waals surface area contributed by atoms with Gasteiger partial charge in [0.25, 0.3) is 0 Å². The van der Waals surface area contributed by atoms with Gasteiger partial charge in [0.05, 0.1) is 0 Å². The van der Waals surface area contributed by atoms with Crippen LogP contribution in [0.4, 0.5) is 10.2 Å². The molecule has 0 fully saturated rings. The van der Waals surface area contributed by atoms with Gasteiger partial charge in [-0.3, -0.25) is 0 Å². The topological polar surface area (TPSA) is 38.2 Å². The average molecular weight is 390 g/mol. The van der Waals surface area contributed by atoms with E-state index in [4.69, 9.17) is 4.74 Å². The van der Waals surface area contributed by atoms with Crippen LogP contribution in [0.1, 0.15) is 10.1 Å². The van der Waals surface area contributed by atoms with Gasteiger partial charge < -0.3 is 0 Å². The van der Waals surface area contributed by atoms with Crippen molar-refractivity contribution in [2.75, 3.05) is 32.3 Å². The first-order chi connectivity index (χ1) is 11.7. The molecule has 3 aromatic rings. The normalized spacial score (nSPS) is 11.3. The van der Waals surface area contributed by atoms with Crippen LogP contribution in [0.15, 0.2) is 36.5 Å². The van der Waals surface area contributed by atoms with Crippen molar-refractivity contribution in [3.05, 3.63) is 46.7 Å². The van der Waals surface area contributed by atoms with Crippen molar-refractivity contribution in [2.45, 2.75) is 0 Å². The Morgan fingerprint density at radius 1 is 1.21 bits per heavy atom. The molecule has 0 unspecified atom stereocenters. The second kappa shape index (κ2) is 7.60. The minimum atomic E-state index is -0.487. The molecule has 0 saturated carbocycles. The molecule has 2 heterocycles. The van der Waals surface area contributed by atoms with Crippen LogP contribution >= 0.6 is 0 Å². The molecule has 0 bridgehead atoms. The molecule has 0 saturated heterocycles. The van der Waals surface area contributed by atoms with Crippen molar-refractivity contribution in [2.24, 2.45) is 0 Å². The Bertz CT molecular complexity index is 843. The molecule has 6 heteroatoms. The number of nitrogens with zero attached hydrogens (tertiary/aromatic N) is 3. The van der Waals surface area contributed by atoms with Crippen molar-refractivity contribution in [3.63, 3.8) is 0 Å². The first-order valence-corrected chi connectivity index (χ1v) is 9.28. The number of rotatable bonds is 6. The molecule has 0 atom stereocenters. The summed E-state index contributed by atoms with van der Waals surface area (Å²) < 4.78 is 19.8. The molecule has 4 nitrogen and oxygen atoms in total. The Balaban J connectivity index is 1.76. The molecule has 0 N–H and O–H groups in total. The fourth-order valence-corrected chi connectivity index (χ4v) is 3.96. The molecule has 1 aromatic carbocycles. The monoisotopic (exact) mass is 391 g/mol. The van der Waals surface area contributed by atoms with Crippen LogP contribution in [0.3, 0.4) is 0 Å². The number of hydrogen-bond donors (Lipinski definition) is 0. The molecular weight excluding hydrogens is 372 g/mol. The SMILES string of the molecule is CN(C)c1ccc(/C=C/c2nc3cc(OCCF)ccc3[se]2)cn1. The number of anilines is 1. The van der Waals surface area contributed by atoms with Gasteiger partial charge >= 0.3 is 146 Å². The van der Waals surface area contributed by atoms with Crippen LogP contribution in [0.2, 0.25) is 0 Å². The zero-order valence-corrected chi connectivity index (χ0v) is 15.3. The first-order valence-electron chi connectivity index (χ1n) is 7.56. The predicted molar refractivity (Wildman–Crippen MR) is 97.6 cm³/mol. The maximum absolute atomic E-state index is 12.2. The standard InChI is InChI=1S/C18H18FN3OSe/c1-22(2)17-7-3-13(12-20-17)4-8-18-21-15-11-14(23-10-9-19)5-6-16(15)24-18/h3-8,11-12H,9-10H2,1-2H3/b8-4+. The summed E-state index contributed by atoms with van der Waals surface area (Å²) in [5, 5.41) is 0. The third-order valence-electron chi connectivity index (χ3n) is 3.37. The van der Waals surface area contributed by atoms with Crippen LogP contribution in [-0.2, 0) is 0 Å². The van der Waals surface area contributed by atoms with E-state index in [1.165, 1.54) is 4.26 Å². The van der Waals surface area contributed by atoms with E-state index in [0.717, 1.165) is 21.5 Å². The van der Waals surface area contributed by atoms with Crippen molar-refractivity contribution in [3.8, 4) is 5.75 Å². The Kier molecular flexibility index (Phi) is 5.28. The van der Waals surface area contributed by atoms with E-state index in [1.807, 2.05) is 67.7 Å². The predicted octanol–water partition coefficient (Wildman–Crippen LogP) is 3.27. The molecule has 0 aliphatic rings. The summed E-state index contributed by atoms with van der Waals surface area (Å²) in [6, 6.07) is 9.80. The fraction of sp³-hybridized carbons (Fsp3) is 0.222. The van der Waals surface area contributed by atoms with Gasteiger partial charge in [0.15, 0.2) is 0 Å². The van der Waals surface area contributed by atoms with Crippen LogP contribution < -0.4 is 9.64 Å². The Labute approximate surface area is 146 Å². The number of ether oxygens (including phenoxy) is 1.